The highest BCUT2D eigenvalue weighted by atomic mass is 15.2. The van der Waals surface area contributed by atoms with Crippen LogP contribution >= 0.6 is 0 Å². The molecule has 66 valence electrons. The number of hydrogen-bond donors (Lipinski definition) is 1. The van der Waals surface area contributed by atoms with Crippen LogP contribution in [0.3, 0.4) is 0 Å². The summed E-state index contributed by atoms with van der Waals surface area (Å²) >= 11 is 0. The van der Waals surface area contributed by atoms with Crippen LogP contribution in [0.15, 0.2) is 0 Å². The summed E-state index contributed by atoms with van der Waals surface area (Å²) in [6.07, 6.45) is 8.83. The quantitative estimate of drug-likeness (QED) is 0.584. The molecule has 0 radical (unpaired) electrons. The molecule has 0 spiro atoms. The van der Waals surface area contributed by atoms with Crippen molar-refractivity contribution >= 4 is 0 Å². The van der Waals surface area contributed by atoms with E-state index in [1.807, 2.05) is 0 Å². The Bertz CT molecular complexity index is 111. The van der Waals surface area contributed by atoms with E-state index in [2.05, 4.69) is 11.9 Å². The Kier molecular flexibility index (Phi) is 2.90. The maximum absolute atomic E-state index is 2.62. The molecule has 2 aliphatic heterocycles. The molecule has 2 nitrogen and oxygen atoms in total. The molecule has 0 aromatic carbocycles. The first kappa shape index (κ1) is 9.01. The molecule has 0 saturated carbocycles. The molecule has 11 heavy (non-hydrogen) atoms. The molecule has 0 amide bonds. The van der Waals surface area contributed by atoms with Crippen molar-refractivity contribution in [2.45, 2.75) is 50.6 Å². The van der Waals surface area contributed by atoms with E-state index < -0.39 is 0 Å². The molecule has 2 rings (SSSR count). The van der Waals surface area contributed by atoms with E-state index in [0.29, 0.717) is 0 Å². The predicted molar refractivity (Wildman–Crippen MR) is 48.1 cm³/mol. The van der Waals surface area contributed by atoms with E-state index in [9.17, 15) is 0 Å². The molecule has 2 bridgehead atoms. The van der Waals surface area contributed by atoms with Crippen molar-refractivity contribution in [3.63, 3.8) is 0 Å². The molecule has 2 saturated heterocycles. The van der Waals surface area contributed by atoms with Gasteiger partial charge < -0.3 is 11.1 Å². The number of rotatable bonds is 0. The Morgan fingerprint density at radius 2 is 1.36 bits per heavy atom. The second-order valence-electron chi connectivity index (χ2n) is 3.83. The number of hydrogen-bond acceptors (Lipinski definition) is 2. The fourth-order valence-corrected chi connectivity index (χ4v) is 2.55. The third-order valence-corrected chi connectivity index (χ3v) is 3.31. The van der Waals surface area contributed by atoms with Gasteiger partial charge in [0.2, 0.25) is 0 Å². The van der Waals surface area contributed by atoms with Crippen molar-refractivity contribution in [3.05, 3.63) is 0 Å². The van der Waals surface area contributed by atoms with Gasteiger partial charge in [0, 0.05) is 12.1 Å². The second kappa shape index (κ2) is 3.55. The minimum atomic E-state index is 0. The van der Waals surface area contributed by atoms with Crippen LogP contribution in [0.2, 0.25) is 0 Å². The molecule has 2 atom stereocenters. The number of fused-ring (bicyclic) bond motifs is 2. The van der Waals surface area contributed by atoms with Crippen LogP contribution in [0, 0.1) is 0 Å². The average Bonchev–Trinajstić information content (AvgIpc) is 2.06. The predicted octanol–water partition coefficient (Wildman–Crippen LogP) is 2.19. The first-order valence-electron chi connectivity index (χ1n) is 4.60. The Balaban J connectivity index is 0.000000605. The number of nitrogens with zero attached hydrogens (tertiary/aromatic N) is 1. The second-order valence-corrected chi connectivity index (χ2v) is 3.83. The van der Waals surface area contributed by atoms with Gasteiger partial charge in [-0.3, -0.25) is 0 Å². The molecule has 3 N–H and O–H groups in total. The third-order valence-electron chi connectivity index (χ3n) is 3.31. The summed E-state index contributed by atoms with van der Waals surface area (Å²) in [5.41, 5.74) is 0. The van der Waals surface area contributed by atoms with E-state index in [1.165, 1.54) is 38.5 Å². The van der Waals surface area contributed by atoms with E-state index in [1.54, 1.807) is 0 Å². The summed E-state index contributed by atoms with van der Waals surface area (Å²) in [6.45, 7) is 0. The average molecular weight is 156 g/mol. The van der Waals surface area contributed by atoms with Gasteiger partial charge >= 0.3 is 0 Å². The highest BCUT2D eigenvalue weighted by Gasteiger charge is 2.31. The molecular weight excluding hydrogens is 136 g/mol. The first-order valence-corrected chi connectivity index (χ1v) is 4.60. The van der Waals surface area contributed by atoms with Gasteiger partial charge in [0.05, 0.1) is 0 Å². The van der Waals surface area contributed by atoms with Crippen molar-refractivity contribution in [2.24, 2.45) is 0 Å². The molecule has 0 aliphatic carbocycles. The monoisotopic (exact) mass is 156 g/mol. The van der Waals surface area contributed by atoms with Gasteiger partial charge in [-0.15, -0.1) is 0 Å². The fraction of sp³-hybridized carbons (Fsp3) is 1.00. The van der Waals surface area contributed by atoms with Crippen LogP contribution < -0.4 is 6.15 Å². The van der Waals surface area contributed by atoms with Gasteiger partial charge in [0.15, 0.2) is 0 Å². The highest BCUT2D eigenvalue weighted by Crippen LogP contribution is 2.32. The maximum atomic E-state index is 2.62. The Labute approximate surface area is 69.5 Å². The van der Waals surface area contributed by atoms with Crippen molar-refractivity contribution < 1.29 is 0 Å². The van der Waals surface area contributed by atoms with Crippen LogP contribution in [0.4, 0.5) is 0 Å². The standard InChI is InChI=1S/C9H17N.H3N/c1-10-8-4-2-3-5-9(10)7-6-8;/h8-9H,2-7H2,1H3;1H3. The van der Waals surface area contributed by atoms with Gasteiger partial charge in [-0.2, -0.15) is 0 Å². The lowest BCUT2D eigenvalue weighted by Crippen LogP contribution is -2.29. The van der Waals surface area contributed by atoms with Gasteiger partial charge in [0.25, 0.3) is 0 Å². The summed E-state index contributed by atoms with van der Waals surface area (Å²) in [4.78, 5) is 2.62. The summed E-state index contributed by atoms with van der Waals surface area (Å²) < 4.78 is 0. The van der Waals surface area contributed by atoms with E-state index in [0.717, 1.165) is 12.1 Å². The third kappa shape index (κ3) is 1.57. The Morgan fingerprint density at radius 3 is 1.82 bits per heavy atom. The first-order chi connectivity index (χ1) is 4.88. The SMILES string of the molecule is CN1C2CCCCC1CC2.N. The zero-order valence-electron chi connectivity index (χ0n) is 7.55. The summed E-state index contributed by atoms with van der Waals surface area (Å²) in [5.74, 6) is 0. The zero-order valence-corrected chi connectivity index (χ0v) is 7.55. The fourth-order valence-electron chi connectivity index (χ4n) is 2.55. The van der Waals surface area contributed by atoms with E-state index >= 15 is 0 Å². The summed E-state index contributed by atoms with van der Waals surface area (Å²) in [6, 6.07) is 1.90. The van der Waals surface area contributed by atoms with E-state index in [-0.39, 0.29) is 6.15 Å². The molecule has 2 unspecified atom stereocenters. The summed E-state index contributed by atoms with van der Waals surface area (Å²) in [7, 11) is 2.31. The van der Waals surface area contributed by atoms with Gasteiger partial charge in [-0.25, -0.2) is 0 Å². The minimum absolute atomic E-state index is 0. The van der Waals surface area contributed by atoms with Crippen LogP contribution in [0.25, 0.3) is 0 Å². The zero-order chi connectivity index (χ0) is 6.97. The Hall–Kier alpha value is -0.0800. The largest absolute Gasteiger partial charge is 0.344 e. The molecule has 2 aliphatic rings. The lowest BCUT2D eigenvalue weighted by atomic mass is 10.0. The Morgan fingerprint density at radius 1 is 0.909 bits per heavy atom. The van der Waals surface area contributed by atoms with Crippen LogP contribution in [0.1, 0.15) is 38.5 Å². The van der Waals surface area contributed by atoms with Crippen molar-refractivity contribution in [1.82, 2.24) is 11.1 Å². The van der Waals surface area contributed by atoms with Crippen LogP contribution in [0.5, 0.6) is 0 Å². The lowest BCUT2D eigenvalue weighted by Gasteiger charge is -2.21. The van der Waals surface area contributed by atoms with Crippen LogP contribution in [-0.4, -0.2) is 24.0 Å². The normalized spacial score (nSPS) is 37.9. The van der Waals surface area contributed by atoms with Crippen molar-refractivity contribution in [2.75, 3.05) is 7.05 Å². The molecule has 0 aromatic heterocycles. The molecule has 2 heteroatoms. The molecule has 2 heterocycles. The minimum Gasteiger partial charge on any atom is -0.344 e. The molecular formula is C9H20N2. The van der Waals surface area contributed by atoms with Gasteiger partial charge in [0.1, 0.15) is 0 Å². The van der Waals surface area contributed by atoms with Crippen molar-refractivity contribution in [1.29, 1.82) is 0 Å². The lowest BCUT2D eigenvalue weighted by molar-refractivity contribution is 0.244. The molecule has 0 aromatic rings. The topological polar surface area (TPSA) is 38.2 Å². The van der Waals surface area contributed by atoms with Gasteiger partial charge in [-0.05, 0) is 32.7 Å². The van der Waals surface area contributed by atoms with E-state index in [4.69, 9.17) is 0 Å². The molecule has 2 fully saturated rings. The van der Waals surface area contributed by atoms with Gasteiger partial charge in [-0.1, -0.05) is 12.8 Å². The van der Waals surface area contributed by atoms with Crippen LogP contribution in [-0.2, 0) is 0 Å². The summed E-state index contributed by atoms with van der Waals surface area (Å²) in [5, 5.41) is 0. The smallest absolute Gasteiger partial charge is 0.00957 e. The van der Waals surface area contributed by atoms with Crippen molar-refractivity contribution in [3.8, 4) is 0 Å². The highest BCUT2D eigenvalue weighted by molar-refractivity contribution is 4.87. The maximum Gasteiger partial charge on any atom is 0.00957 e.